The summed E-state index contributed by atoms with van der Waals surface area (Å²) in [5.41, 5.74) is 2.50. The number of aromatic nitrogens is 2. The van der Waals surface area contributed by atoms with Crippen LogP contribution in [0.25, 0.3) is 0 Å². The van der Waals surface area contributed by atoms with Gasteiger partial charge >= 0.3 is 0 Å². The van der Waals surface area contributed by atoms with E-state index in [2.05, 4.69) is 26.5 Å². The first-order valence-corrected chi connectivity index (χ1v) is 8.97. The molecule has 1 saturated carbocycles. The average molecular weight is 329 g/mol. The summed E-state index contributed by atoms with van der Waals surface area (Å²) in [7, 11) is 0. The molecule has 0 bridgehead atoms. The second kappa shape index (κ2) is 7.45. The maximum absolute atomic E-state index is 9.49. The molecular formula is C18H27N5O. The lowest BCUT2D eigenvalue weighted by molar-refractivity contribution is -0.0318. The second-order valence-electron chi connectivity index (χ2n) is 6.98. The van der Waals surface area contributed by atoms with E-state index in [1.807, 2.05) is 13.8 Å². The van der Waals surface area contributed by atoms with Crippen molar-refractivity contribution in [1.82, 2.24) is 15.1 Å². The fraction of sp³-hybridized carbons (Fsp3) is 0.722. The van der Waals surface area contributed by atoms with Gasteiger partial charge in [0, 0.05) is 25.2 Å². The summed E-state index contributed by atoms with van der Waals surface area (Å²) in [4.78, 5) is 2.59. The van der Waals surface area contributed by atoms with Crippen LogP contribution in [0.1, 0.15) is 48.9 Å². The molecule has 24 heavy (non-hydrogen) atoms. The van der Waals surface area contributed by atoms with Gasteiger partial charge < -0.3 is 10.1 Å². The highest BCUT2D eigenvalue weighted by molar-refractivity contribution is 5.56. The molecular weight excluding hydrogens is 302 g/mol. The number of nitriles is 1. The van der Waals surface area contributed by atoms with E-state index in [0.717, 1.165) is 44.1 Å². The van der Waals surface area contributed by atoms with Crippen molar-refractivity contribution in [3.63, 3.8) is 0 Å². The van der Waals surface area contributed by atoms with Gasteiger partial charge in [-0.3, -0.25) is 4.90 Å². The van der Waals surface area contributed by atoms with E-state index in [4.69, 9.17) is 4.74 Å². The number of nitrogens with one attached hydrogen (secondary N) is 1. The molecule has 1 aromatic rings. The van der Waals surface area contributed by atoms with Gasteiger partial charge in [0.2, 0.25) is 0 Å². The summed E-state index contributed by atoms with van der Waals surface area (Å²) in [6.07, 6.45) is 6.24. The van der Waals surface area contributed by atoms with Gasteiger partial charge in [-0.2, -0.15) is 10.4 Å². The van der Waals surface area contributed by atoms with Crippen molar-refractivity contribution in [3.8, 4) is 6.07 Å². The first kappa shape index (κ1) is 17.1. The van der Waals surface area contributed by atoms with Crippen LogP contribution in [0.4, 0.5) is 5.82 Å². The number of anilines is 1. The lowest BCUT2D eigenvalue weighted by Crippen LogP contribution is -2.58. The molecule has 2 fully saturated rings. The number of hydrogen-bond acceptors (Lipinski definition) is 6. The first-order valence-electron chi connectivity index (χ1n) is 8.97. The third kappa shape index (κ3) is 3.38. The van der Waals surface area contributed by atoms with E-state index in [1.54, 1.807) is 0 Å². The lowest BCUT2D eigenvalue weighted by Gasteiger charge is -2.48. The quantitative estimate of drug-likeness (QED) is 0.914. The molecule has 1 aromatic heterocycles. The Balaban J connectivity index is 1.79. The van der Waals surface area contributed by atoms with Gasteiger partial charge in [0.15, 0.2) is 5.82 Å². The summed E-state index contributed by atoms with van der Waals surface area (Å²) in [6.45, 7) is 8.26. The fourth-order valence-corrected chi connectivity index (χ4v) is 3.97. The van der Waals surface area contributed by atoms with E-state index in [1.165, 1.54) is 32.1 Å². The van der Waals surface area contributed by atoms with Crippen LogP contribution in [0.3, 0.4) is 0 Å². The van der Waals surface area contributed by atoms with Crippen LogP contribution < -0.4 is 5.32 Å². The summed E-state index contributed by atoms with van der Waals surface area (Å²) in [5, 5.41) is 21.4. The lowest BCUT2D eigenvalue weighted by atomic mass is 9.79. The number of rotatable bonds is 4. The van der Waals surface area contributed by atoms with Crippen LogP contribution in [-0.2, 0) is 4.74 Å². The normalized spacial score (nSPS) is 21.2. The largest absolute Gasteiger partial charge is 0.379 e. The van der Waals surface area contributed by atoms with Gasteiger partial charge in [-0.05, 0) is 32.3 Å². The van der Waals surface area contributed by atoms with Crippen molar-refractivity contribution >= 4 is 5.82 Å². The average Bonchev–Trinajstić information content (AvgIpc) is 2.64. The topological polar surface area (TPSA) is 74.1 Å². The zero-order valence-corrected chi connectivity index (χ0v) is 14.8. The van der Waals surface area contributed by atoms with Crippen molar-refractivity contribution in [2.45, 2.75) is 51.5 Å². The van der Waals surface area contributed by atoms with Crippen LogP contribution in [-0.4, -0.2) is 53.5 Å². The smallest absolute Gasteiger partial charge is 0.166 e. The molecule has 1 saturated heterocycles. The second-order valence-corrected chi connectivity index (χ2v) is 6.98. The third-order valence-corrected chi connectivity index (χ3v) is 5.62. The fourth-order valence-electron chi connectivity index (χ4n) is 3.97. The Labute approximate surface area is 144 Å². The molecule has 0 atom stereocenters. The number of morpholine rings is 1. The summed E-state index contributed by atoms with van der Waals surface area (Å²) < 4.78 is 5.54. The molecule has 6 heteroatoms. The standard InChI is InChI=1S/C18H27N5O/c1-14-15(2)21-22-17(16(14)12-19)20-13-18(6-4-3-5-7-18)23-8-10-24-11-9-23/h3-11,13H2,1-2H3,(H,20,22). The van der Waals surface area contributed by atoms with Crippen LogP contribution in [0.2, 0.25) is 0 Å². The molecule has 3 rings (SSSR count). The molecule has 6 nitrogen and oxygen atoms in total. The first-order chi connectivity index (χ1) is 11.7. The van der Waals surface area contributed by atoms with E-state index >= 15 is 0 Å². The van der Waals surface area contributed by atoms with Crippen molar-refractivity contribution in [2.75, 3.05) is 38.2 Å². The molecule has 0 spiro atoms. The Morgan fingerprint density at radius 2 is 1.88 bits per heavy atom. The van der Waals surface area contributed by atoms with Crippen LogP contribution >= 0.6 is 0 Å². The summed E-state index contributed by atoms with van der Waals surface area (Å²) in [5.74, 6) is 0.624. The highest BCUT2D eigenvalue weighted by Gasteiger charge is 2.38. The van der Waals surface area contributed by atoms with E-state index in [-0.39, 0.29) is 5.54 Å². The maximum Gasteiger partial charge on any atom is 0.166 e. The zero-order valence-electron chi connectivity index (χ0n) is 14.8. The van der Waals surface area contributed by atoms with Gasteiger partial charge in [-0.15, -0.1) is 5.10 Å². The monoisotopic (exact) mass is 329 g/mol. The van der Waals surface area contributed by atoms with Crippen molar-refractivity contribution in [2.24, 2.45) is 0 Å². The molecule has 0 amide bonds. The maximum atomic E-state index is 9.49. The summed E-state index contributed by atoms with van der Waals surface area (Å²) in [6, 6.07) is 2.29. The Morgan fingerprint density at radius 3 is 2.54 bits per heavy atom. The predicted molar refractivity (Wildman–Crippen MR) is 92.9 cm³/mol. The van der Waals surface area contributed by atoms with Crippen LogP contribution in [0, 0.1) is 25.2 Å². The van der Waals surface area contributed by atoms with Gasteiger partial charge in [-0.25, -0.2) is 0 Å². The highest BCUT2D eigenvalue weighted by Crippen LogP contribution is 2.34. The van der Waals surface area contributed by atoms with Crippen molar-refractivity contribution < 1.29 is 4.74 Å². The molecule has 2 aliphatic rings. The molecule has 1 aliphatic carbocycles. The number of ether oxygens (including phenoxy) is 1. The minimum absolute atomic E-state index is 0.148. The van der Waals surface area contributed by atoms with Crippen molar-refractivity contribution in [3.05, 3.63) is 16.8 Å². The van der Waals surface area contributed by atoms with Crippen molar-refractivity contribution in [1.29, 1.82) is 5.26 Å². The molecule has 130 valence electrons. The van der Waals surface area contributed by atoms with Crippen LogP contribution in [0.15, 0.2) is 0 Å². The Kier molecular flexibility index (Phi) is 5.32. The number of nitrogens with zero attached hydrogens (tertiary/aromatic N) is 4. The van der Waals surface area contributed by atoms with Gasteiger partial charge in [-0.1, -0.05) is 19.3 Å². The van der Waals surface area contributed by atoms with E-state index in [0.29, 0.717) is 11.4 Å². The van der Waals surface area contributed by atoms with Gasteiger partial charge in [0.25, 0.3) is 0 Å². The van der Waals surface area contributed by atoms with Crippen LogP contribution in [0.5, 0.6) is 0 Å². The Morgan fingerprint density at radius 1 is 1.17 bits per heavy atom. The molecule has 0 aromatic carbocycles. The summed E-state index contributed by atoms with van der Waals surface area (Å²) >= 11 is 0. The highest BCUT2D eigenvalue weighted by atomic mass is 16.5. The molecule has 1 aliphatic heterocycles. The predicted octanol–water partition coefficient (Wildman–Crippen LogP) is 2.41. The third-order valence-electron chi connectivity index (χ3n) is 5.62. The zero-order chi connectivity index (χ0) is 17.0. The number of aryl methyl sites for hydroxylation is 1. The van der Waals surface area contributed by atoms with E-state index in [9.17, 15) is 5.26 Å². The Hall–Kier alpha value is -1.71. The SMILES string of the molecule is Cc1nnc(NCC2(N3CCOCC3)CCCCC2)c(C#N)c1C. The van der Waals surface area contributed by atoms with Gasteiger partial charge in [0.1, 0.15) is 11.6 Å². The molecule has 2 heterocycles. The van der Waals surface area contributed by atoms with E-state index < -0.39 is 0 Å². The number of hydrogen-bond donors (Lipinski definition) is 1. The minimum Gasteiger partial charge on any atom is -0.379 e. The van der Waals surface area contributed by atoms with Gasteiger partial charge in [0.05, 0.1) is 18.9 Å². The molecule has 0 radical (unpaired) electrons. The Bertz CT molecular complexity index is 613. The minimum atomic E-state index is 0.148. The molecule has 0 unspecified atom stereocenters. The molecule has 1 N–H and O–H groups in total.